The molecule has 0 bridgehead atoms. The van der Waals surface area contributed by atoms with Gasteiger partial charge < -0.3 is 9.84 Å². The summed E-state index contributed by atoms with van der Waals surface area (Å²) in [5.74, 6) is 2.21. The van der Waals surface area contributed by atoms with Crippen LogP contribution in [0.3, 0.4) is 0 Å². The van der Waals surface area contributed by atoms with E-state index in [0.717, 1.165) is 37.9 Å². The van der Waals surface area contributed by atoms with E-state index in [0.29, 0.717) is 12.0 Å². The molecule has 4 rings (SSSR count). The molecule has 2 fully saturated rings. The van der Waals surface area contributed by atoms with Crippen LogP contribution in [-0.2, 0) is 13.1 Å². The van der Waals surface area contributed by atoms with Crippen molar-refractivity contribution in [2.75, 3.05) is 13.1 Å². The van der Waals surface area contributed by atoms with E-state index in [2.05, 4.69) is 37.5 Å². The molecule has 0 aromatic carbocycles. The standard InChI is InChI=1S/C17H23N5O/c1-2-15(19-10-13-5-7-18-8-6-13)11-22(9-1)12-16-20-17(23-21-16)14-3-4-14/h5-8,14-15,19H,1-4,9-12H2/t15-/m0/s1. The summed E-state index contributed by atoms with van der Waals surface area (Å²) in [5.41, 5.74) is 1.28. The van der Waals surface area contributed by atoms with Crippen molar-refractivity contribution >= 4 is 0 Å². The summed E-state index contributed by atoms with van der Waals surface area (Å²) in [6.45, 7) is 3.85. The monoisotopic (exact) mass is 313 g/mol. The van der Waals surface area contributed by atoms with Gasteiger partial charge in [0, 0.05) is 37.4 Å². The second-order valence-corrected chi connectivity index (χ2v) is 6.63. The molecule has 0 amide bonds. The van der Waals surface area contributed by atoms with Gasteiger partial charge in [0.1, 0.15) is 0 Å². The van der Waals surface area contributed by atoms with E-state index in [9.17, 15) is 0 Å². The number of aromatic nitrogens is 3. The maximum absolute atomic E-state index is 5.35. The van der Waals surface area contributed by atoms with Gasteiger partial charge >= 0.3 is 0 Å². The number of nitrogens with zero attached hydrogens (tertiary/aromatic N) is 4. The zero-order chi connectivity index (χ0) is 15.5. The van der Waals surface area contributed by atoms with Gasteiger partial charge in [0.05, 0.1) is 6.54 Å². The number of hydrogen-bond donors (Lipinski definition) is 1. The first-order chi connectivity index (χ1) is 11.4. The third-order valence-electron chi connectivity index (χ3n) is 4.63. The SMILES string of the molecule is c1cc(CN[C@H]2CCCN(Cc3noc(C4CC4)n3)C2)ccn1. The lowest BCUT2D eigenvalue weighted by molar-refractivity contribution is 0.177. The number of pyridine rings is 1. The van der Waals surface area contributed by atoms with Crippen LogP contribution >= 0.6 is 0 Å². The van der Waals surface area contributed by atoms with E-state index in [-0.39, 0.29) is 0 Å². The summed E-state index contributed by atoms with van der Waals surface area (Å²) in [6.07, 6.45) is 8.52. The van der Waals surface area contributed by atoms with E-state index >= 15 is 0 Å². The first-order valence-electron chi connectivity index (χ1n) is 8.54. The van der Waals surface area contributed by atoms with Crippen molar-refractivity contribution in [2.24, 2.45) is 0 Å². The van der Waals surface area contributed by atoms with E-state index in [1.807, 2.05) is 12.4 Å². The van der Waals surface area contributed by atoms with Gasteiger partial charge in [-0.1, -0.05) is 5.16 Å². The first kappa shape index (κ1) is 14.8. The van der Waals surface area contributed by atoms with Crippen molar-refractivity contribution < 1.29 is 4.52 Å². The summed E-state index contributed by atoms with van der Waals surface area (Å²) < 4.78 is 5.35. The van der Waals surface area contributed by atoms with E-state index < -0.39 is 0 Å². The van der Waals surface area contributed by atoms with Crippen LogP contribution in [0.2, 0.25) is 0 Å². The number of likely N-dealkylation sites (tertiary alicyclic amines) is 1. The van der Waals surface area contributed by atoms with Crippen molar-refractivity contribution in [1.82, 2.24) is 25.3 Å². The predicted octanol–water partition coefficient (Wildman–Crippen LogP) is 2.10. The molecule has 2 aromatic heterocycles. The van der Waals surface area contributed by atoms with Crippen LogP contribution in [0.4, 0.5) is 0 Å². The van der Waals surface area contributed by atoms with E-state index in [4.69, 9.17) is 4.52 Å². The highest BCUT2D eigenvalue weighted by Gasteiger charge is 2.30. The molecule has 1 saturated carbocycles. The Balaban J connectivity index is 1.28. The minimum absolute atomic E-state index is 0.520. The lowest BCUT2D eigenvalue weighted by atomic mass is 10.1. The van der Waals surface area contributed by atoms with E-state index in [1.54, 1.807) is 0 Å². The van der Waals surface area contributed by atoms with Crippen molar-refractivity contribution in [3.63, 3.8) is 0 Å². The fourth-order valence-corrected chi connectivity index (χ4v) is 3.16. The summed E-state index contributed by atoms with van der Waals surface area (Å²) in [6, 6.07) is 4.64. The molecule has 0 unspecified atom stereocenters. The minimum Gasteiger partial charge on any atom is -0.339 e. The van der Waals surface area contributed by atoms with Crippen molar-refractivity contribution in [3.8, 4) is 0 Å². The third-order valence-corrected chi connectivity index (χ3v) is 4.63. The molecular weight excluding hydrogens is 290 g/mol. The second-order valence-electron chi connectivity index (χ2n) is 6.63. The maximum Gasteiger partial charge on any atom is 0.229 e. The molecule has 1 aliphatic heterocycles. The van der Waals surface area contributed by atoms with Crippen LogP contribution in [0.1, 0.15) is 48.9 Å². The van der Waals surface area contributed by atoms with Gasteiger partial charge in [-0.3, -0.25) is 9.88 Å². The fraction of sp³-hybridized carbons (Fsp3) is 0.588. The Morgan fingerprint density at radius 1 is 1.22 bits per heavy atom. The van der Waals surface area contributed by atoms with Gasteiger partial charge in [-0.2, -0.15) is 4.98 Å². The molecule has 122 valence electrons. The van der Waals surface area contributed by atoms with Gasteiger partial charge in [0.15, 0.2) is 5.82 Å². The molecule has 1 saturated heterocycles. The van der Waals surface area contributed by atoms with Gasteiger partial charge in [-0.05, 0) is 49.9 Å². The molecular formula is C17H23N5O. The van der Waals surface area contributed by atoms with Gasteiger partial charge in [0.2, 0.25) is 5.89 Å². The Labute approximate surface area is 136 Å². The quantitative estimate of drug-likeness (QED) is 0.881. The topological polar surface area (TPSA) is 67.1 Å². The Bertz CT molecular complexity index is 625. The first-order valence-corrected chi connectivity index (χ1v) is 8.54. The molecule has 0 radical (unpaired) electrons. The van der Waals surface area contributed by atoms with Gasteiger partial charge in [-0.25, -0.2) is 0 Å². The average Bonchev–Trinajstić information content (AvgIpc) is 3.34. The highest BCUT2D eigenvalue weighted by molar-refractivity contribution is 5.09. The fourth-order valence-electron chi connectivity index (χ4n) is 3.16. The molecule has 1 aliphatic carbocycles. The Hall–Kier alpha value is -1.79. The zero-order valence-corrected chi connectivity index (χ0v) is 13.3. The molecule has 1 atom stereocenters. The third kappa shape index (κ3) is 3.95. The lowest BCUT2D eigenvalue weighted by Gasteiger charge is -2.32. The van der Waals surface area contributed by atoms with Crippen LogP contribution in [0, 0.1) is 0 Å². The van der Waals surface area contributed by atoms with Crippen LogP contribution in [0.5, 0.6) is 0 Å². The number of piperidine rings is 1. The molecule has 2 aromatic rings. The largest absolute Gasteiger partial charge is 0.339 e. The molecule has 1 N–H and O–H groups in total. The molecule has 23 heavy (non-hydrogen) atoms. The molecule has 2 aliphatic rings. The Morgan fingerprint density at radius 2 is 2.09 bits per heavy atom. The van der Waals surface area contributed by atoms with Crippen molar-refractivity contribution in [1.29, 1.82) is 0 Å². The maximum atomic E-state index is 5.35. The van der Waals surface area contributed by atoms with Gasteiger partial charge in [0.25, 0.3) is 0 Å². The van der Waals surface area contributed by atoms with Crippen LogP contribution in [0.25, 0.3) is 0 Å². The van der Waals surface area contributed by atoms with Crippen LogP contribution in [0.15, 0.2) is 29.0 Å². The normalized spacial score (nSPS) is 22.3. The highest BCUT2D eigenvalue weighted by Crippen LogP contribution is 2.38. The lowest BCUT2D eigenvalue weighted by Crippen LogP contribution is -2.45. The number of rotatable bonds is 6. The highest BCUT2D eigenvalue weighted by atomic mass is 16.5. The predicted molar refractivity (Wildman–Crippen MR) is 85.6 cm³/mol. The summed E-state index contributed by atoms with van der Waals surface area (Å²) >= 11 is 0. The minimum atomic E-state index is 0.520. The summed E-state index contributed by atoms with van der Waals surface area (Å²) in [4.78, 5) is 11.0. The van der Waals surface area contributed by atoms with Gasteiger partial charge in [-0.15, -0.1) is 0 Å². The zero-order valence-electron chi connectivity index (χ0n) is 13.3. The molecule has 0 spiro atoms. The number of hydrogen-bond acceptors (Lipinski definition) is 6. The second kappa shape index (κ2) is 6.76. The molecule has 3 heterocycles. The Morgan fingerprint density at radius 3 is 2.91 bits per heavy atom. The summed E-state index contributed by atoms with van der Waals surface area (Å²) in [5, 5.41) is 7.79. The van der Waals surface area contributed by atoms with Crippen LogP contribution in [-0.4, -0.2) is 39.2 Å². The average molecular weight is 313 g/mol. The van der Waals surface area contributed by atoms with Crippen LogP contribution < -0.4 is 5.32 Å². The number of nitrogens with one attached hydrogen (secondary N) is 1. The van der Waals surface area contributed by atoms with E-state index in [1.165, 1.54) is 31.2 Å². The summed E-state index contributed by atoms with van der Waals surface area (Å²) in [7, 11) is 0. The van der Waals surface area contributed by atoms with Crippen molar-refractivity contribution in [2.45, 2.75) is 50.7 Å². The Kier molecular flexibility index (Phi) is 4.35. The smallest absolute Gasteiger partial charge is 0.229 e. The molecule has 6 heteroatoms. The van der Waals surface area contributed by atoms with Crippen molar-refractivity contribution in [3.05, 3.63) is 41.8 Å². The molecule has 6 nitrogen and oxygen atoms in total.